The molecule has 1 rings (SSSR count). The number of ether oxygens (including phenoxy) is 1. The van der Waals surface area contributed by atoms with E-state index in [4.69, 9.17) is 22.7 Å². The number of hydrogen-bond donors (Lipinski definition) is 1. The molecule has 0 bridgehead atoms. The molecule has 0 amide bonds. The Morgan fingerprint density at radius 3 is 2.74 bits per heavy atom. The normalized spacial score (nSPS) is 11.0. The maximum Gasteiger partial charge on any atom is 0.120 e. The first-order chi connectivity index (χ1) is 9.02. The molecule has 1 aromatic carbocycles. The number of benzene rings is 1. The predicted octanol–water partition coefficient (Wildman–Crippen LogP) is 2.68. The molecule has 0 aliphatic carbocycles. The Labute approximate surface area is 121 Å². The third kappa shape index (κ3) is 6.03. The quantitative estimate of drug-likeness (QED) is 0.743. The van der Waals surface area contributed by atoms with Gasteiger partial charge in [0.05, 0.1) is 0 Å². The highest BCUT2D eigenvalue weighted by Gasteiger charge is 2.05. The molecule has 0 saturated carbocycles. The molecule has 0 atom stereocenters. The lowest BCUT2D eigenvalue weighted by atomic mass is 10.2. The summed E-state index contributed by atoms with van der Waals surface area (Å²) in [6.07, 6.45) is 0. The highest BCUT2D eigenvalue weighted by atomic mass is 32.1. The third-order valence-electron chi connectivity index (χ3n) is 2.87. The van der Waals surface area contributed by atoms with Gasteiger partial charge in [-0.05, 0) is 24.6 Å². The molecular formula is C15H24N2OS. The van der Waals surface area contributed by atoms with E-state index in [0.717, 1.165) is 30.9 Å². The largest absolute Gasteiger partial charge is 0.492 e. The molecule has 2 N–H and O–H groups in total. The van der Waals surface area contributed by atoms with Gasteiger partial charge in [-0.3, -0.25) is 4.90 Å². The molecule has 0 aliphatic rings. The zero-order valence-corrected chi connectivity index (χ0v) is 12.9. The Morgan fingerprint density at radius 2 is 2.16 bits per heavy atom. The molecule has 0 radical (unpaired) electrons. The van der Waals surface area contributed by atoms with Crippen molar-refractivity contribution >= 4 is 17.2 Å². The van der Waals surface area contributed by atoms with Crippen molar-refractivity contribution < 1.29 is 4.74 Å². The van der Waals surface area contributed by atoms with Crippen molar-refractivity contribution in [3.05, 3.63) is 29.8 Å². The van der Waals surface area contributed by atoms with E-state index in [-0.39, 0.29) is 0 Å². The molecule has 0 aliphatic heterocycles. The van der Waals surface area contributed by atoms with E-state index in [1.165, 1.54) is 0 Å². The number of rotatable bonds is 8. The molecule has 0 aromatic heterocycles. The van der Waals surface area contributed by atoms with Crippen LogP contribution in [0, 0.1) is 5.92 Å². The van der Waals surface area contributed by atoms with Gasteiger partial charge in [-0.15, -0.1) is 0 Å². The van der Waals surface area contributed by atoms with Crippen LogP contribution in [0.15, 0.2) is 24.3 Å². The molecule has 19 heavy (non-hydrogen) atoms. The van der Waals surface area contributed by atoms with Crippen LogP contribution in [-0.2, 0) is 0 Å². The molecule has 106 valence electrons. The van der Waals surface area contributed by atoms with Crippen molar-refractivity contribution in [3.63, 3.8) is 0 Å². The van der Waals surface area contributed by atoms with E-state index >= 15 is 0 Å². The molecule has 0 fully saturated rings. The summed E-state index contributed by atoms with van der Waals surface area (Å²) in [7, 11) is 0. The maximum atomic E-state index is 5.75. The van der Waals surface area contributed by atoms with Gasteiger partial charge >= 0.3 is 0 Å². The van der Waals surface area contributed by atoms with Crippen molar-refractivity contribution in [2.45, 2.75) is 20.8 Å². The number of hydrogen-bond acceptors (Lipinski definition) is 3. The summed E-state index contributed by atoms with van der Waals surface area (Å²) in [4.78, 5) is 2.79. The molecular weight excluding hydrogens is 256 g/mol. The first-order valence-electron chi connectivity index (χ1n) is 6.78. The van der Waals surface area contributed by atoms with Crippen LogP contribution in [0.4, 0.5) is 0 Å². The lowest BCUT2D eigenvalue weighted by molar-refractivity contribution is 0.200. The van der Waals surface area contributed by atoms with Gasteiger partial charge in [0.25, 0.3) is 0 Å². The van der Waals surface area contributed by atoms with Gasteiger partial charge in [0, 0.05) is 18.7 Å². The molecule has 4 heteroatoms. The molecule has 0 spiro atoms. The standard InChI is InChI=1S/C15H24N2OS/c1-4-17(11-12(2)3)8-9-18-14-7-5-6-13(10-14)15(16)19/h5-7,10,12H,4,8-9,11H2,1-3H3,(H2,16,19). The van der Waals surface area contributed by atoms with Crippen LogP contribution in [0.3, 0.4) is 0 Å². The Balaban J connectivity index is 2.44. The zero-order valence-electron chi connectivity index (χ0n) is 12.1. The van der Waals surface area contributed by atoms with Gasteiger partial charge < -0.3 is 10.5 Å². The topological polar surface area (TPSA) is 38.5 Å². The van der Waals surface area contributed by atoms with E-state index in [1.54, 1.807) is 0 Å². The summed E-state index contributed by atoms with van der Waals surface area (Å²) in [5.41, 5.74) is 6.45. The van der Waals surface area contributed by atoms with Crippen LogP contribution >= 0.6 is 12.2 Å². The van der Waals surface area contributed by atoms with Gasteiger partial charge in [0.2, 0.25) is 0 Å². The fourth-order valence-electron chi connectivity index (χ4n) is 1.93. The highest BCUT2D eigenvalue weighted by Crippen LogP contribution is 2.13. The van der Waals surface area contributed by atoms with E-state index in [9.17, 15) is 0 Å². The van der Waals surface area contributed by atoms with Crippen LogP contribution in [0.2, 0.25) is 0 Å². The van der Waals surface area contributed by atoms with Gasteiger partial charge in [-0.25, -0.2) is 0 Å². The van der Waals surface area contributed by atoms with E-state index in [0.29, 0.717) is 17.5 Å². The Morgan fingerprint density at radius 1 is 1.42 bits per heavy atom. The van der Waals surface area contributed by atoms with E-state index < -0.39 is 0 Å². The first-order valence-corrected chi connectivity index (χ1v) is 7.18. The maximum absolute atomic E-state index is 5.75. The zero-order chi connectivity index (χ0) is 14.3. The average molecular weight is 280 g/mol. The Kier molecular flexibility index (Phi) is 6.81. The predicted molar refractivity (Wildman–Crippen MR) is 84.8 cm³/mol. The lowest BCUT2D eigenvalue weighted by Crippen LogP contribution is -2.31. The average Bonchev–Trinajstić information content (AvgIpc) is 2.37. The minimum atomic E-state index is 0.403. The van der Waals surface area contributed by atoms with E-state index in [2.05, 4.69) is 25.7 Å². The summed E-state index contributed by atoms with van der Waals surface area (Å²) < 4.78 is 5.75. The highest BCUT2D eigenvalue weighted by molar-refractivity contribution is 7.80. The van der Waals surface area contributed by atoms with Crippen LogP contribution < -0.4 is 10.5 Å². The minimum absolute atomic E-state index is 0.403. The van der Waals surface area contributed by atoms with Gasteiger partial charge in [-0.2, -0.15) is 0 Å². The van der Waals surface area contributed by atoms with E-state index in [1.807, 2.05) is 24.3 Å². The van der Waals surface area contributed by atoms with Crippen LogP contribution in [0.5, 0.6) is 5.75 Å². The van der Waals surface area contributed by atoms with Crippen molar-refractivity contribution in [2.24, 2.45) is 11.7 Å². The second kappa shape index (κ2) is 8.12. The van der Waals surface area contributed by atoms with Crippen molar-refractivity contribution in [1.29, 1.82) is 0 Å². The second-order valence-electron chi connectivity index (χ2n) is 5.03. The Hall–Kier alpha value is -1.13. The first kappa shape index (κ1) is 15.9. The number of nitrogens with two attached hydrogens (primary N) is 1. The van der Waals surface area contributed by atoms with Gasteiger partial charge in [0.15, 0.2) is 0 Å². The van der Waals surface area contributed by atoms with Gasteiger partial charge in [0.1, 0.15) is 17.3 Å². The smallest absolute Gasteiger partial charge is 0.120 e. The summed E-state index contributed by atoms with van der Waals surface area (Å²) in [5.74, 6) is 1.50. The molecule has 0 unspecified atom stereocenters. The van der Waals surface area contributed by atoms with Gasteiger partial charge in [-0.1, -0.05) is 45.1 Å². The van der Waals surface area contributed by atoms with Crippen molar-refractivity contribution in [1.82, 2.24) is 4.90 Å². The monoisotopic (exact) mass is 280 g/mol. The van der Waals surface area contributed by atoms with Crippen molar-refractivity contribution in [3.8, 4) is 5.75 Å². The lowest BCUT2D eigenvalue weighted by Gasteiger charge is -2.22. The minimum Gasteiger partial charge on any atom is -0.492 e. The number of thiocarbonyl (C=S) groups is 1. The number of likely N-dealkylation sites (N-methyl/N-ethyl adjacent to an activating group) is 1. The van der Waals surface area contributed by atoms with Crippen LogP contribution in [0.25, 0.3) is 0 Å². The fraction of sp³-hybridized carbons (Fsp3) is 0.533. The molecule has 3 nitrogen and oxygen atoms in total. The SMILES string of the molecule is CCN(CCOc1cccc(C(N)=S)c1)CC(C)C. The molecule has 1 aromatic rings. The summed E-state index contributed by atoms with van der Waals surface area (Å²) in [6.45, 7) is 10.4. The fourth-order valence-corrected chi connectivity index (χ4v) is 2.05. The Bertz CT molecular complexity index is 407. The van der Waals surface area contributed by atoms with Crippen LogP contribution in [0.1, 0.15) is 26.3 Å². The summed E-state index contributed by atoms with van der Waals surface area (Å²) in [6, 6.07) is 7.63. The molecule has 0 saturated heterocycles. The third-order valence-corrected chi connectivity index (χ3v) is 3.10. The van der Waals surface area contributed by atoms with Crippen LogP contribution in [-0.4, -0.2) is 36.1 Å². The van der Waals surface area contributed by atoms with Crippen molar-refractivity contribution in [2.75, 3.05) is 26.2 Å². The summed E-state index contributed by atoms with van der Waals surface area (Å²) >= 11 is 4.96. The second-order valence-corrected chi connectivity index (χ2v) is 5.47. The summed E-state index contributed by atoms with van der Waals surface area (Å²) in [5, 5.41) is 0. The molecule has 0 heterocycles. The number of nitrogens with zero attached hydrogens (tertiary/aromatic N) is 1.